The number of rotatable bonds is 8. The summed E-state index contributed by atoms with van der Waals surface area (Å²) in [4.78, 5) is 0. The van der Waals surface area contributed by atoms with Gasteiger partial charge in [0.1, 0.15) is 0 Å². The average Bonchev–Trinajstić information content (AvgIpc) is 2.86. The van der Waals surface area contributed by atoms with Crippen molar-refractivity contribution in [3.8, 4) is 0 Å². The lowest BCUT2D eigenvalue weighted by molar-refractivity contribution is -0.140. The van der Waals surface area contributed by atoms with Crippen molar-refractivity contribution in [3.63, 3.8) is 0 Å². The Bertz CT molecular complexity index is 796. The Balaban J connectivity index is -0.000000257. The number of hydrogen-bond donors (Lipinski definition) is 2. The molecule has 0 atom stereocenters. The predicted molar refractivity (Wildman–Crippen MR) is 127 cm³/mol. The number of alkyl halides is 18. The zero-order valence-corrected chi connectivity index (χ0v) is 28.6. The van der Waals surface area contributed by atoms with Crippen LogP contribution >= 0.6 is 0 Å². The Morgan fingerprint density at radius 1 is 0.391 bits per heavy atom. The Labute approximate surface area is 253 Å². The second-order valence-electron chi connectivity index (χ2n) is 8.09. The number of aliphatic hydroxyl groups is 2. The number of halogens is 18. The van der Waals surface area contributed by atoms with E-state index in [1.165, 1.54) is 0 Å². The van der Waals surface area contributed by atoms with Crippen molar-refractivity contribution in [2.45, 2.75) is 47.9 Å². The SMILES string of the molecule is CO[Si](C)(C(F)(F)F)C(F)(F)F.CO[Si](C)(OC)C(F)(F)F.CO[Si](CO)(C(F)(F)F)C(F)(F)F.CO[Si](CO)(OC)C(F)(F)F. The molecule has 2 N–H and O–H groups in total. The summed E-state index contributed by atoms with van der Waals surface area (Å²) in [7, 11) is -15.5. The van der Waals surface area contributed by atoms with Gasteiger partial charge in [0.05, 0.1) is 12.5 Å². The molecule has 0 bridgehead atoms. The minimum atomic E-state index is -6.09. The Kier molecular flexibility index (Phi) is 20.8. The molecule has 0 saturated heterocycles. The topological polar surface area (TPSA) is 95.8 Å². The molecule has 284 valence electrons. The summed E-state index contributed by atoms with van der Waals surface area (Å²) in [6.07, 6.45) is -3.18. The second kappa shape index (κ2) is 18.3. The van der Waals surface area contributed by atoms with Crippen LogP contribution in [0.4, 0.5) is 79.0 Å². The molecule has 8 nitrogen and oxygen atoms in total. The van der Waals surface area contributed by atoms with Crippen LogP contribution < -0.4 is 0 Å². The largest absolute Gasteiger partial charge is 0.483 e. The Hall–Kier alpha value is -0.712. The fraction of sp³-hybridized carbons (Fsp3) is 1.00. The van der Waals surface area contributed by atoms with E-state index in [1.807, 2.05) is 0 Å². The lowest BCUT2D eigenvalue weighted by Gasteiger charge is -2.30. The van der Waals surface area contributed by atoms with Gasteiger partial charge in [-0.25, -0.2) is 0 Å². The summed E-state index contributed by atoms with van der Waals surface area (Å²) in [6, 6.07) is 0. The van der Waals surface area contributed by atoms with Crippen molar-refractivity contribution in [2.75, 3.05) is 55.1 Å². The molecule has 0 spiro atoms. The first-order valence-electron chi connectivity index (χ1n) is 10.9. The summed E-state index contributed by atoms with van der Waals surface area (Å²) in [5.74, 6) is -30.7. The molecule has 0 aliphatic rings. The quantitative estimate of drug-likeness (QED) is 0.245. The van der Waals surface area contributed by atoms with E-state index in [-0.39, 0.29) is 6.55 Å². The molecule has 0 aliphatic carbocycles. The van der Waals surface area contributed by atoms with Crippen LogP contribution in [0.3, 0.4) is 0 Å². The van der Waals surface area contributed by atoms with Gasteiger partial charge in [0.2, 0.25) is 0 Å². The van der Waals surface area contributed by atoms with Gasteiger partial charge in [-0.05, 0) is 13.1 Å². The van der Waals surface area contributed by atoms with E-state index in [2.05, 4.69) is 26.6 Å². The first-order chi connectivity index (χ1) is 20.0. The molecule has 0 heterocycles. The summed E-state index contributed by atoms with van der Waals surface area (Å²) in [5, 5.41) is 16.5. The van der Waals surface area contributed by atoms with Gasteiger partial charge in [-0.1, -0.05) is 0 Å². The second-order valence-corrected chi connectivity index (χ2v) is 21.7. The third-order valence-electron chi connectivity index (χ3n) is 5.57. The van der Waals surface area contributed by atoms with Crippen LogP contribution in [0.1, 0.15) is 0 Å². The van der Waals surface area contributed by atoms with Gasteiger partial charge in [-0.15, -0.1) is 0 Å². The van der Waals surface area contributed by atoms with Gasteiger partial charge in [-0.2, -0.15) is 79.0 Å². The van der Waals surface area contributed by atoms with Crippen molar-refractivity contribution in [1.82, 2.24) is 0 Å². The lowest BCUT2D eigenvalue weighted by atomic mass is 11.5. The maximum atomic E-state index is 12.0. The Morgan fingerprint density at radius 2 is 0.696 bits per heavy atom. The maximum absolute atomic E-state index is 12.0. The fourth-order valence-electron chi connectivity index (χ4n) is 1.88. The molecule has 0 rings (SSSR count). The van der Waals surface area contributed by atoms with Crippen molar-refractivity contribution >= 4 is 33.8 Å². The van der Waals surface area contributed by atoms with Gasteiger partial charge in [-0.3, -0.25) is 0 Å². The monoisotopic (exact) mass is 804 g/mol. The summed E-state index contributed by atoms with van der Waals surface area (Å²) in [5.41, 5.74) is 0. The minimum absolute atomic E-state index is 0.0764. The first kappa shape index (κ1) is 52.1. The minimum Gasteiger partial charge on any atom is -0.406 e. The molecule has 0 unspecified atom stereocenters. The van der Waals surface area contributed by atoms with E-state index in [0.717, 1.165) is 35.0 Å². The van der Waals surface area contributed by atoms with Crippen molar-refractivity contribution in [2.24, 2.45) is 0 Å². The molecule has 0 aromatic carbocycles. The summed E-state index contributed by atoms with van der Waals surface area (Å²) in [6.45, 7) is 1.03. The highest BCUT2D eigenvalue weighted by Gasteiger charge is 2.76. The van der Waals surface area contributed by atoms with E-state index >= 15 is 0 Å². The normalized spacial score (nSPS) is 14.3. The van der Waals surface area contributed by atoms with Crippen molar-refractivity contribution in [1.29, 1.82) is 0 Å². The molecule has 0 aromatic heterocycles. The molecular weight excluding hydrogens is 774 g/mol. The predicted octanol–water partition coefficient (Wildman–Crippen LogP) is 5.53. The lowest BCUT2D eigenvalue weighted by Crippen LogP contribution is -2.67. The molecule has 0 radical (unpaired) electrons. The third kappa shape index (κ3) is 13.0. The molecule has 46 heavy (non-hydrogen) atoms. The van der Waals surface area contributed by atoms with Gasteiger partial charge < -0.3 is 36.8 Å². The highest BCUT2D eigenvalue weighted by molar-refractivity contribution is 6.77. The van der Waals surface area contributed by atoms with E-state index in [4.69, 9.17) is 10.2 Å². The van der Waals surface area contributed by atoms with Crippen molar-refractivity contribution in [3.05, 3.63) is 0 Å². The van der Waals surface area contributed by atoms with Crippen LogP contribution in [0.2, 0.25) is 13.1 Å². The molecular formula is C16H30F18O8Si4. The third-order valence-corrected chi connectivity index (χ3v) is 16.7. The molecule has 0 amide bonds. The van der Waals surface area contributed by atoms with Crippen LogP contribution in [0.5, 0.6) is 0 Å². The zero-order chi connectivity index (χ0) is 38.7. The van der Waals surface area contributed by atoms with Gasteiger partial charge in [0.25, 0.3) is 0 Å². The van der Waals surface area contributed by atoms with Gasteiger partial charge >= 0.3 is 68.6 Å². The van der Waals surface area contributed by atoms with Gasteiger partial charge in [0.15, 0.2) is 0 Å². The van der Waals surface area contributed by atoms with Crippen LogP contribution in [0.15, 0.2) is 0 Å². The van der Waals surface area contributed by atoms with Crippen LogP contribution in [0.25, 0.3) is 0 Å². The smallest absolute Gasteiger partial charge is 0.406 e. The molecule has 0 aromatic rings. The Morgan fingerprint density at radius 3 is 0.696 bits per heavy atom. The highest BCUT2D eigenvalue weighted by Crippen LogP contribution is 2.42. The first-order valence-corrected chi connectivity index (χ1v) is 19.8. The fourth-order valence-corrected chi connectivity index (χ4v) is 5.63. The molecule has 0 fully saturated rings. The van der Waals surface area contributed by atoms with Gasteiger partial charge in [0, 0.05) is 42.7 Å². The van der Waals surface area contributed by atoms with E-state index in [1.54, 1.807) is 0 Å². The molecule has 0 saturated carbocycles. The van der Waals surface area contributed by atoms with Crippen LogP contribution in [-0.4, -0.2) is 134 Å². The maximum Gasteiger partial charge on any atom is 0.483 e. The highest BCUT2D eigenvalue weighted by atomic mass is 28.4. The molecule has 0 aliphatic heterocycles. The van der Waals surface area contributed by atoms with E-state index in [9.17, 15) is 79.0 Å². The van der Waals surface area contributed by atoms with Crippen LogP contribution in [0, 0.1) is 0 Å². The molecule has 30 heteroatoms. The standard InChI is InChI=1S/C4H6F6O2Si.C4H6F6OSi.C4H9F3O3Si.C4H9F3O2Si/c1-12-13(2-11,3(5,6)7)4(8,9)10;1-11-12(2,3(5,6)7)4(8,9)10;1-9-11(3-8,10-2)4(5,6)7;1-8-10(3,9-2)4(5,6)7/h11H,2H2,1H3;1-2H3;8H,3H2,1-2H3;1-3H3. The summed E-state index contributed by atoms with van der Waals surface area (Å²) >= 11 is 0. The summed E-state index contributed by atoms with van der Waals surface area (Å²) < 4.78 is 238. The zero-order valence-electron chi connectivity index (χ0n) is 24.6. The van der Waals surface area contributed by atoms with Crippen LogP contribution in [-0.2, 0) is 26.6 Å². The number of hydrogen-bond acceptors (Lipinski definition) is 8. The van der Waals surface area contributed by atoms with E-state index in [0.29, 0.717) is 14.2 Å². The average molecular weight is 805 g/mol. The van der Waals surface area contributed by atoms with E-state index < -0.39 is 81.0 Å². The van der Waals surface area contributed by atoms with Crippen molar-refractivity contribution < 1.29 is 116 Å². The number of aliphatic hydroxyl groups excluding tert-OH is 2.